The van der Waals surface area contributed by atoms with Gasteiger partial charge in [0.15, 0.2) is 0 Å². The van der Waals surface area contributed by atoms with Crippen LogP contribution in [-0.2, 0) is 5.41 Å². The monoisotopic (exact) mass is 325 g/mol. The standard InChI is InChI=1S/C23H19NO/c1-23(2,3)20-9-5-8-19-18-7-4-6-17(21(18)25-22(19)20)16-12-10-15(14-24)11-13-16/h4-13H,1-3H3. The second kappa shape index (κ2) is 5.50. The number of hydrogen-bond acceptors (Lipinski definition) is 2. The van der Waals surface area contributed by atoms with Gasteiger partial charge >= 0.3 is 0 Å². The maximum atomic E-state index is 9.00. The van der Waals surface area contributed by atoms with Crippen LogP contribution in [0.2, 0.25) is 0 Å². The van der Waals surface area contributed by atoms with E-state index in [2.05, 4.69) is 63.2 Å². The van der Waals surface area contributed by atoms with E-state index in [-0.39, 0.29) is 5.41 Å². The van der Waals surface area contributed by atoms with Gasteiger partial charge in [-0.1, -0.05) is 69.3 Å². The van der Waals surface area contributed by atoms with Gasteiger partial charge in [-0.15, -0.1) is 0 Å². The van der Waals surface area contributed by atoms with Crippen LogP contribution in [-0.4, -0.2) is 0 Å². The molecule has 122 valence electrons. The van der Waals surface area contributed by atoms with Crippen LogP contribution < -0.4 is 0 Å². The Morgan fingerprint density at radius 3 is 2.08 bits per heavy atom. The van der Waals surface area contributed by atoms with Gasteiger partial charge in [0.2, 0.25) is 0 Å². The Bertz CT molecular complexity index is 1120. The Morgan fingerprint density at radius 2 is 1.44 bits per heavy atom. The molecule has 0 saturated heterocycles. The van der Waals surface area contributed by atoms with Crippen LogP contribution in [0.4, 0.5) is 0 Å². The summed E-state index contributed by atoms with van der Waals surface area (Å²) < 4.78 is 6.39. The van der Waals surface area contributed by atoms with Crippen molar-refractivity contribution < 1.29 is 4.42 Å². The molecule has 0 saturated carbocycles. The van der Waals surface area contributed by atoms with Gasteiger partial charge in [-0.2, -0.15) is 5.26 Å². The number of nitrogens with zero attached hydrogens (tertiary/aromatic N) is 1. The van der Waals surface area contributed by atoms with E-state index in [0.717, 1.165) is 33.1 Å². The lowest BCUT2D eigenvalue weighted by atomic mass is 9.86. The summed E-state index contributed by atoms with van der Waals surface area (Å²) >= 11 is 0. The first-order chi connectivity index (χ1) is 12.0. The summed E-state index contributed by atoms with van der Waals surface area (Å²) in [5, 5.41) is 11.3. The molecule has 4 aromatic rings. The minimum Gasteiger partial charge on any atom is -0.455 e. The van der Waals surface area contributed by atoms with Gasteiger partial charge in [-0.3, -0.25) is 0 Å². The molecule has 0 unspecified atom stereocenters. The zero-order chi connectivity index (χ0) is 17.6. The molecule has 2 nitrogen and oxygen atoms in total. The lowest BCUT2D eigenvalue weighted by molar-refractivity contribution is 0.573. The van der Waals surface area contributed by atoms with Gasteiger partial charge < -0.3 is 4.42 Å². The van der Waals surface area contributed by atoms with E-state index in [1.807, 2.05) is 24.3 Å². The summed E-state index contributed by atoms with van der Waals surface area (Å²) in [6.07, 6.45) is 0. The molecular formula is C23H19NO. The van der Waals surface area contributed by atoms with Crippen molar-refractivity contribution >= 4 is 21.9 Å². The summed E-state index contributed by atoms with van der Waals surface area (Å²) in [7, 11) is 0. The van der Waals surface area contributed by atoms with E-state index in [0.29, 0.717) is 5.56 Å². The van der Waals surface area contributed by atoms with Crippen LogP contribution in [0.25, 0.3) is 33.1 Å². The largest absolute Gasteiger partial charge is 0.455 e. The predicted octanol–water partition coefficient (Wildman–Crippen LogP) is 6.42. The van der Waals surface area contributed by atoms with E-state index >= 15 is 0 Å². The van der Waals surface area contributed by atoms with Crippen molar-refractivity contribution in [2.45, 2.75) is 26.2 Å². The summed E-state index contributed by atoms with van der Waals surface area (Å²) in [5.74, 6) is 0. The molecule has 0 fully saturated rings. The van der Waals surface area contributed by atoms with Gasteiger partial charge in [-0.05, 0) is 23.1 Å². The average molecular weight is 325 g/mol. The molecule has 2 heteroatoms. The molecular weight excluding hydrogens is 306 g/mol. The smallest absolute Gasteiger partial charge is 0.143 e. The van der Waals surface area contributed by atoms with Crippen LogP contribution >= 0.6 is 0 Å². The summed E-state index contributed by atoms with van der Waals surface area (Å²) in [5.41, 5.74) is 5.87. The second-order valence-electron chi connectivity index (χ2n) is 7.41. The summed E-state index contributed by atoms with van der Waals surface area (Å²) in [6.45, 7) is 6.61. The molecule has 1 aromatic heterocycles. The van der Waals surface area contributed by atoms with Crippen molar-refractivity contribution in [3.05, 3.63) is 71.8 Å². The van der Waals surface area contributed by atoms with Crippen molar-refractivity contribution in [2.24, 2.45) is 0 Å². The number of benzene rings is 3. The maximum absolute atomic E-state index is 9.00. The summed E-state index contributed by atoms with van der Waals surface area (Å²) in [6, 6.07) is 22.4. The highest BCUT2D eigenvalue weighted by Gasteiger charge is 2.21. The first kappa shape index (κ1) is 15.5. The van der Waals surface area contributed by atoms with Gasteiger partial charge in [-0.25, -0.2) is 0 Å². The molecule has 4 rings (SSSR count). The van der Waals surface area contributed by atoms with Crippen LogP contribution in [0.15, 0.2) is 65.1 Å². The SMILES string of the molecule is CC(C)(C)c1cccc2c1oc1c(-c3ccc(C#N)cc3)cccc12. The topological polar surface area (TPSA) is 36.9 Å². The first-order valence-electron chi connectivity index (χ1n) is 8.44. The van der Waals surface area contributed by atoms with Crippen molar-refractivity contribution in [1.82, 2.24) is 0 Å². The second-order valence-corrected chi connectivity index (χ2v) is 7.41. The molecule has 0 atom stereocenters. The van der Waals surface area contributed by atoms with Gasteiger partial charge in [0, 0.05) is 21.9 Å². The molecule has 1 heterocycles. The van der Waals surface area contributed by atoms with Crippen LogP contribution in [0, 0.1) is 11.3 Å². The van der Waals surface area contributed by atoms with E-state index in [1.54, 1.807) is 0 Å². The fraction of sp³-hybridized carbons (Fsp3) is 0.174. The van der Waals surface area contributed by atoms with Crippen molar-refractivity contribution in [3.8, 4) is 17.2 Å². The van der Waals surface area contributed by atoms with Crippen molar-refractivity contribution in [2.75, 3.05) is 0 Å². The Balaban J connectivity index is 2.03. The molecule has 0 aliphatic rings. The van der Waals surface area contributed by atoms with Crippen LogP contribution in [0.1, 0.15) is 31.9 Å². The summed E-state index contributed by atoms with van der Waals surface area (Å²) in [4.78, 5) is 0. The van der Waals surface area contributed by atoms with Crippen molar-refractivity contribution in [1.29, 1.82) is 5.26 Å². The van der Waals surface area contributed by atoms with Gasteiger partial charge in [0.25, 0.3) is 0 Å². The number of fused-ring (bicyclic) bond motifs is 3. The molecule has 0 bridgehead atoms. The van der Waals surface area contributed by atoms with Crippen LogP contribution in [0.3, 0.4) is 0 Å². The molecule has 0 N–H and O–H groups in total. The molecule has 0 amide bonds. The fourth-order valence-corrected chi connectivity index (χ4v) is 3.36. The zero-order valence-electron chi connectivity index (χ0n) is 14.6. The zero-order valence-corrected chi connectivity index (χ0v) is 14.6. The third-order valence-corrected chi connectivity index (χ3v) is 4.66. The Morgan fingerprint density at radius 1 is 0.800 bits per heavy atom. The third kappa shape index (κ3) is 2.49. The number of nitriles is 1. The number of hydrogen-bond donors (Lipinski definition) is 0. The van der Waals surface area contributed by atoms with E-state index < -0.39 is 0 Å². The Labute approximate surface area is 147 Å². The third-order valence-electron chi connectivity index (χ3n) is 4.66. The first-order valence-corrected chi connectivity index (χ1v) is 8.44. The normalized spacial score (nSPS) is 11.8. The lowest BCUT2D eigenvalue weighted by Crippen LogP contribution is -2.10. The minimum absolute atomic E-state index is 0.0159. The van der Waals surface area contributed by atoms with E-state index in [4.69, 9.17) is 9.68 Å². The number of rotatable bonds is 1. The molecule has 0 radical (unpaired) electrons. The Kier molecular flexibility index (Phi) is 3.40. The highest BCUT2D eigenvalue weighted by Crippen LogP contribution is 2.39. The van der Waals surface area contributed by atoms with Gasteiger partial charge in [0.05, 0.1) is 11.6 Å². The number of para-hydroxylation sites is 2. The maximum Gasteiger partial charge on any atom is 0.143 e. The fourth-order valence-electron chi connectivity index (χ4n) is 3.36. The van der Waals surface area contributed by atoms with E-state index in [1.165, 1.54) is 5.56 Å². The minimum atomic E-state index is 0.0159. The molecule has 25 heavy (non-hydrogen) atoms. The quantitative estimate of drug-likeness (QED) is 0.405. The molecule has 3 aromatic carbocycles. The molecule has 0 spiro atoms. The van der Waals surface area contributed by atoms with Gasteiger partial charge in [0.1, 0.15) is 11.2 Å². The van der Waals surface area contributed by atoms with Crippen LogP contribution in [0.5, 0.6) is 0 Å². The predicted molar refractivity (Wildman–Crippen MR) is 103 cm³/mol. The van der Waals surface area contributed by atoms with Crippen molar-refractivity contribution in [3.63, 3.8) is 0 Å². The molecule has 0 aliphatic heterocycles. The Hall–Kier alpha value is -3.05. The average Bonchev–Trinajstić information content (AvgIpc) is 2.99. The highest BCUT2D eigenvalue weighted by atomic mass is 16.3. The number of furan rings is 1. The lowest BCUT2D eigenvalue weighted by Gasteiger charge is -2.18. The van der Waals surface area contributed by atoms with E-state index in [9.17, 15) is 0 Å². The highest BCUT2D eigenvalue weighted by molar-refractivity contribution is 6.10. The molecule has 0 aliphatic carbocycles.